The third kappa shape index (κ3) is 2.23. The van der Waals surface area contributed by atoms with Gasteiger partial charge in [0.1, 0.15) is 11.3 Å². The fraction of sp³-hybridized carbons (Fsp3) is 0.333. The fourth-order valence-electron chi connectivity index (χ4n) is 3.60. The molecule has 2 aromatic heterocycles. The minimum absolute atomic E-state index is 0.00681. The number of fused-ring (bicyclic) bond motifs is 3. The summed E-state index contributed by atoms with van der Waals surface area (Å²) in [6.45, 7) is 3.56. The van der Waals surface area contributed by atoms with E-state index in [1.165, 1.54) is 10.9 Å². The monoisotopic (exact) mass is 309 g/mol. The summed E-state index contributed by atoms with van der Waals surface area (Å²) < 4.78 is 5.10. The Balaban J connectivity index is 1.68. The highest BCUT2D eigenvalue weighted by Crippen LogP contribution is 2.34. The Bertz CT molecular complexity index is 871. The van der Waals surface area contributed by atoms with Crippen molar-refractivity contribution in [1.29, 1.82) is 0 Å². The van der Waals surface area contributed by atoms with Crippen LogP contribution in [0.1, 0.15) is 52.0 Å². The maximum Gasteiger partial charge on any atom is 0.257 e. The molecule has 118 valence electrons. The number of para-hydroxylation sites is 1. The van der Waals surface area contributed by atoms with Gasteiger partial charge in [-0.1, -0.05) is 23.4 Å². The number of amides is 1. The molecule has 0 saturated carbocycles. The van der Waals surface area contributed by atoms with Crippen molar-refractivity contribution in [1.82, 2.24) is 15.5 Å². The van der Waals surface area contributed by atoms with Crippen molar-refractivity contribution in [2.75, 3.05) is 0 Å². The molecule has 1 unspecified atom stereocenters. The quantitative estimate of drug-likeness (QED) is 0.760. The smallest absolute Gasteiger partial charge is 0.257 e. The molecule has 1 aliphatic rings. The average Bonchev–Trinajstić information content (AvgIpc) is 3.08. The summed E-state index contributed by atoms with van der Waals surface area (Å²) >= 11 is 0. The zero-order valence-electron chi connectivity index (χ0n) is 13.3. The molecule has 0 fully saturated rings. The summed E-state index contributed by atoms with van der Waals surface area (Å²) in [4.78, 5) is 16.1. The largest absolute Gasteiger partial charge is 0.361 e. The van der Waals surface area contributed by atoms with Gasteiger partial charge in [0.2, 0.25) is 0 Å². The maximum atomic E-state index is 12.6. The van der Waals surface area contributed by atoms with Crippen LogP contribution in [0.4, 0.5) is 0 Å². The minimum Gasteiger partial charge on any atom is -0.361 e. The number of aryl methyl sites for hydroxylation is 3. The molecule has 0 bridgehead atoms. The molecule has 1 atom stereocenters. The Morgan fingerprint density at radius 2 is 2.17 bits per heavy atom. The number of H-pyrrole nitrogens is 1. The number of nitrogens with zero attached hydrogens (tertiary/aromatic N) is 1. The summed E-state index contributed by atoms with van der Waals surface area (Å²) in [5, 5.41) is 8.28. The summed E-state index contributed by atoms with van der Waals surface area (Å²) in [7, 11) is 0. The van der Waals surface area contributed by atoms with E-state index in [0.717, 1.165) is 30.5 Å². The molecular weight excluding hydrogens is 290 g/mol. The molecule has 5 nitrogen and oxygen atoms in total. The lowest BCUT2D eigenvalue weighted by molar-refractivity contribution is 0.0930. The van der Waals surface area contributed by atoms with Crippen molar-refractivity contribution in [2.24, 2.45) is 0 Å². The predicted molar refractivity (Wildman–Crippen MR) is 87.4 cm³/mol. The van der Waals surface area contributed by atoms with Crippen molar-refractivity contribution in [3.05, 3.63) is 52.5 Å². The van der Waals surface area contributed by atoms with E-state index in [2.05, 4.69) is 33.7 Å². The third-order valence-electron chi connectivity index (χ3n) is 4.68. The zero-order valence-corrected chi connectivity index (χ0v) is 13.3. The SMILES string of the molecule is Cc1noc(C)c1C(=O)NC1CCCc2c1[nH]c1ccccc21. The highest BCUT2D eigenvalue weighted by atomic mass is 16.5. The molecule has 0 radical (unpaired) electrons. The summed E-state index contributed by atoms with van der Waals surface area (Å²) in [6, 6.07) is 8.32. The van der Waals surface area contributed by atoms with Crippen LogP contribution in [-0.2, 0) is 6.42 Å². The van der Waals surface area contributed by atoms with Crippen LogP contribution in [0, 0.1) is 13.8 Å². The van der Waals surface area contributed by atoms with Gasteiger partial charge in [0.15, 0.2) is 0 Å². The molecule has 0 spiro atoms. The van der Waals surface area contributed by atoms with Crippen LogP contribution < -0.4 is 5.32 Å². The topological polar surface area (TPSA) is 70.9 Å². The molecular formula is C18H19N3O2. The molecule has 4 rings (SSSR count). The van der Waals surface area contributed by atoms with Crippen LogP contribution in [-0.4, -0.2) is 16.0 Å². The third-order valence-corrected chi connectivity index (χ3v) is 4.68. The lowest BCUT2D eigenvalue weighted by Gasteiger charge is -2.23. The molecule has 2 heterocycles. The number of rotatable bonds is 2. The van der Waals surface area contributed by atoms with Gasteiger partial charge < -0.3 is 14.8 Å². The number of aromatic amines is 1. The van der Waals surface area contributed by atoms with Gasteiger partial charge in [-0.25, -0.2) is 0 Å². The van der Waals surface area contributed by atoms with Crippen LogP contribution in [0.2, 0.25) is 0 Å². The normalized spacial score (nSPS) is 17.2. The van der Waals surface area contributed by atoms with Gasteiger partial charge in [-0.15, -0.1) is 0 Å². The first kappa shape index (κ1) is 14.1. The van der Waals surface area contributed by atoms with Crippen molar-refractivity contribution < 1.29 is 9.32 Å². The van der Waals surface area contributed by atoms with Crippen molar-refractivity contribution in [3.63, 3.8) is 0 Å². The second kappa shape index (κ2) is 5.26. The van der Waals surface area contributed by atoms with Gasteiger partial charge in [0, 0.05) is 16.6 Å². The second-order valence-electron chi connectivity index (χ2n) is 6.18. The summed E-state index contributed by atoms with van der Waals surface area (Å²) in [6.07, 6.45) is 3.06. The highest BCUT2D eigenvalue weighted by Gasteiger charge is 2.27. The molecule has 1 aromatic carbocycles. The first-order valence-electron chi connectivity index (χ1n) is 7.98. The van der Waals surface area contributed by atoms with Crippen molar-refractivity contribution >= 4 is 16.8 Å². The van der Waals surface area contributed by atoms with E-state index in [0.29, 0.717) is 17.0 Å². The molecule has 0 saturated heterocycles. The second-order valence-corrected chi connectivity index (χ2v) is 6.18. The molecule has 3 aromatic rings. The number of carbonyl (C=O) groups is 1. The molecule has 0 aliphatic heterocycles. The Kier molecular flexibility index (Phi) is 3.22. The minimum atomic E-state index is -0.113. The lowest BCUT2D eigenvalue weighted by Crippen LogP contribution is -2.31. The first-order chi connectivity index (χ1) is 11.1. The van der Waals surface area contributed by atoms with E-state index in [9.17, 15) is 4.79 Å². The lowest BCUT2D eigenvalue weighted by atomic mass is 9.91. The van der Waals surface area contributed by atoms with Crippen LogP contribution in [0.3, 0.4) is 0 Å². The van der Waals surface area contributed by atoms with Crippen molar-refractivity contribution in [3.8, 4) is 0 Å². The van der Waals surface area contributed by atoms with Gasteiger partial charge >= 0.3 is 0 Å². The summed E-state index contributed by atoms with van der Waals surface area (Å²) in [5.74, 6) is 0.449. The Morgan fingerprint density at radius 1 is 1.35 bits per heavy atom. The standard InChI is InChI=1S/C18H19N3O2/c1-10-16(11(2)23-21-10)18(22)20-15-9-5-7-13-12-6-3-4-8-14(12)19-17(13)15/h3-4,6,8,15,19H,5,7,9H2,1-2H3,(H,20,22). The van der Waals surface area contributed by atoms with E-state index < -0.39 is 0 Å². The molecule has 23 heavy (non-hydrogen) atoms. The Labute approximate surface area is 134 Å². The van der Waals surface area contributed by atoms with Gasteiger partial charge in [0.05, 0.1) is 11.7 Å². The van der Waals surface area contributed by atoms with Gasteiger partial charge in [-0.05, 0) is 44.7 Å². The average molecular weight is 309 g/mol. The highest BCUT2D eigenvalue weighted by molar-refractivity contribution is 5.96. The van der Waals surface area contributed by atoms with Crippen LogP contribution in [0.15, 0.2) is 28.8 Å². The molecule has 2 N–H and O–H groups in total. The predicted octanol–water partition coefficient (Wildman–Crippen LogP) is 3.58. The molecule has 5 heteroatoms. The van der Waals surface area contributed by atoms with E-state index in [1.54, 1.807) is 13.8 Å². The fourth-order valence-corrected chi connectivity index (χ4v) is 3.60. The number of carbonyl (C=O) groups excluding carboxylic acids is 1. The van der Waals surface area contributed by atoms with Crippen molar-refractivity contribution in [2.45, 2.75) is 39.2 Å². The summed E-state index contributed by atoms with van der Waals surface area (Å²) in [5.41, 5.74) is 4.78. The Morgan fingerprint density at radius 3 is 2.96 bits per heavy atom. The van der Waals surface area contributed by atoms with E-state index in [-0.39, 0.29) is 11.9 Å². The van der Waals surface area contributed by atoms with Crippen LogP contribution >= 0.6 is 0 Å². The van der Waals surface area contributed by atoms with Gasteiger partial charge in [-0.2, -0.15) is 0 Å². The Hall–Kier alpha value is -2.56. The number of benzene rings is 1. The van der Waals surface area contributed by atoms with Gasteiger partial charge in [0.25, 0.3) is 5.91 Å². The zero-order chi connectivity index (χ0) is 16.0. The first-order valence-corrected chi connectivity index (χ1v) is 7.98. The van der Waals surface area contributed by atoms with E-state index in [4.69, 9.17) is 4.52 Å². The van der Waals surface area contributed by atoms with Crippen LogP contribution in [0.5, 0.6) is 0 Å². The van der Waals surface area contributed by atoms with E-state index in [1.807, 2.05) is 6.07 Å². The van der Waals surface area contributed by atoms with Gasteiger partial charge in [-0.3, -0.25) is 4.79 Å². The number of nitrogens with one attached hydrogen (secondary N) is 2. The maximum absolute atomic E-state index is 12.6. The number of aromatic nitrogens is 2. The van der Waals surface area contributed by atoms with E-state index >= 15 is 0 Å². The molecule has 1 aliphatic carbocycles. The van der Waals surface area contributed by atoms with Crippen LogP contribution in [0.25, 0.3) is 10.9 Å². The number of hydrogen-bond acceptors (Lipinski definition) is 3. The molecule has 1 amide bonds. The number of hydrogen-bond donors (Lipinski definition) is 2.